The first kappa shape index (κ1) is 14.7. The van der Waals surface area contributed by atoms with Gasteiger partial charge in [0, 0.05) is 13.1 Å². The van der Waals surface area contributed by atoms with Gasteiger partial charge in [0.1, 0.15) is 11.6 Å². The second-order valence-electron chi connectivity index (χ2n) is 5.60. The van der Waals surface area contributed by atoms with E-state index in [1.165, 1.54) is 18.2 Å². The fourth-order valence-electron chi connectivity index (χ4n) is 2.84. The van der Waals surface area contributed by atoms with E-state index in [-0.39, 0.29) is 11.3 Å². The number of anilines is 1. The molecule has 6 nitrogen and oxygen atoms in total. The molecule has 0 amide bonds. The Balaban J connectivity index is 1.62. The summed E-state index contributed by atoms with van der Waals surface area (Å²) in [5.41, 5.74) is 1.02. The number of nitrogens with zero attached hydrogens (tertiary/aromatic N) is 6. The van der Waals surface area contributed by atoms with Crippen LogP contribution in [0, 0.1) is 11.6 Å². The first-order valence-corrected chi connectivity index (χ1v) is 7.63. The zero-order chi connectivity index (χ0) is 16.5. The quantitative estimate of drug-likeness (QED) is 0.723. The summed E-state index contributed by atoms with van der Waals surface area (Å²) in [4.78, 5) is 2.05. The molecule has 0 saturated heterocycles. The van der Waals surface area contributed by atoms with E-state index < -0.39 is 11.6 Å². The summed E-state index contributed by atoms with van der Waals surface area (Å²) in [6.45, 7) is 2.22. The number of rotatable bonds is 2. The van der Waals surface area contributed by atoms with Gasteiger partial charge in [0.25, 0.3) is 0 Å². The largest absolute Gasteiger partial charge is 0.349 e. The van der Waals surface area contributed by atoms with Crippen LogP contribution < -0.4 is 4.90 Å². The van der Waals surface area contributed by atoms with Crippen LogP contribution in [0.4, 0.5) is 14.6 Å². The molecule has 0 spiro atoms. The van der Waals surface area contributed by atoms with Crippen molar-refractivity contribution in [3.05, 3.63) is 53.9 Å². The number of benzene rings is 1. The van der Waals surface area contributed by atoms with Crippen LogP contribution in [0.25, 0.3) is 11.3 Å². The topological polar surface area (TPSA) is 59.7 Å². The summed E-state index contributed by atoms with van der Waals surface area (Å²) >= 11 is 0. The Bertz CT molecular complexity index is 841. The van der Waals surface area contributed by atoms with Gasteiger partial charge in [-0.15, -0.1) is 15.3 Å². The van der Waals surface area contributed by atoms with Crippen molar-refractivity contribution < 1.29 is 8.78 Å². The first-order valence-electron chi connectivity index (χ1n) is 7.63. The van der Waals surface area contributed by atoms with Gasteiger partial charge in [0.2, 0.25) is 0 Å². The van der Waals surface area contributed by atoms with Crippen molar-refractivity contribution in [2.24, 2.45) is 0 Å². The third-order valence-electron chi connectivity index (χ3n) is 4.04. The molecule has 0 saturated carbocycles. The minimum atomic E-state index is -0.651. The zero-order valence-corrected chi connectivity index (χ0v) is 12.7. The standard InChI is InChI=1S/C16H14F2N6/c17-12-3-1-4-13(18)16(12)14-5-6-15(21-20-14)23-7-2-8-24-11(10-23)9-19-22-24/h1,3-6,9H,2,7-8,10H2. The molecular formula is C16H14F2N6. The SMILES string of the molecule is Fc1cccc(F)c1-c1ccc(N2CCCn3nncc3C2)nn1. The van der Waals surface area contributed by atoms with Crippen molar-refractivity contribution in [1.82, 2.24) is 25.2 Å². The van der Waals surface area contributed by atoms with Crippen LogP contribution in [0.3, 0.4) is 0 Å². The molecule has 1 aromatic carbocycles. The van der Waals surface area contributed by atoms with E-state index in [0.717, 1.165) is 25.2 Å². The Labute approximate surface area is 136 Å². The van der Waals surface area contributed by atoms with Crippen LogP contribution in [0.15, 0.2) is 36.5 Å². The maximum atomic E-state index is 13.8. The maximum absolute atomic E-state index is 13.8. The molecule has 4 rings (SSSR count). The predicted octanol–water partition coefficient (Wildman–Crippen LogP) is 2.42. The molecule has 0 unspecified atom stereocenters. The molecule has 8 heteroatoms. The molecule has 0 radical (unpaired) electrons. The molecule has 122 valence electrons. The van der Waals surface area contributed by atoms with Gasteiger partial charge in [0.05, 0.1) is 29.7 Å². The molecule has 1 aliphatic rings. The molecule has 24 heavy (non-hydrogen) atoms. The van der Waals surface area contributed by atoms with Crippen molar-refractivity contribution in [2.75, 3.05) is 11.4 Å². The lowest BCUT2D eigenvalue weighted by atomic mass is 10.1. The Morgan fingerprint density at radius 2 is 1.79 bits per heavy atom. The average molecular weight is 328 g/mol. The fourth-order valence-corrected chi connectivity index (χ4v) is 2.84. The van der Waals surface area contributed by atoms with Crippen molar-refractivity contribution in [3.63, 3.8) is 0 Å². The predicted molar refractivity (Wildman–Crippen MR) is 83.1 cm³/mol. The van der Waals surface area contributed by atoms with Crippen LogP contribution in [0.5, 0.6) is 0 Å². The minimum absolute atomic E-state index is 0.158. The lowest BCUT2D eigenvalue weighted by Gasteiger charge is -2.20. The van der Waals surface area contributed by atoms with E-state index in [0.29, 0.717) is 12.4 Å². The van der Waals surface area contributed by atoms with E-state index in [1.807, 2.05) is 4.68 Å². The van der Waals surface area contributed by atoms with E-state index in [9.17, 15) is 8.78 Å². The third-order valence-corrected chi connectivity index (χ3v) is 4.04. The number of aryl methyl sites for hydroxylation is 1. The Kier molecular flexibility index (Phi) is 3.64. The number of halogens is 2. The number of hydrogen-bond donors (Lipinski definition) is 0. The summed E-state index contributed by atoms with van der Waals surface area (Å²) in [5, 5.41) is 16.1. The highest BCUT2D eigenvalue weighted by Gasteiger charge is 2.18. The molecule has 0 bridgehead atoms. The molecule has 0 aliphatic carbocycles. The fraction of sp³-hybridized carbons (Fsp3) is 0.250. The first-order chi connectivity index (χ1) is 11.7. The van der Waals surface area contributed by atoms with E-state index in [1.54, 1.807) is 18.3 Å². The minimum Gasteiger partial charge on any atom is -0.349 e. The molecule has 2 aromatic heterocycles. The number of fused-ring (bicyclic) bond motifs is 1. The van der Waals surface area contributed by atoms with Crippen molar-refractivity contribution in [3.8, 4) is 11.3 Å². The van der Waals surface area contributed by atoms with Gasteiger partial charge < -0.3 is 4.90 Å². The van der Waals surface area contributed by atoms with Crippen LogP contribution in [0.2, 0.25) is 0 Å². The molecule has 3 aromatic rings. The maximum Gasteiger partial charge on any atom is 0.151 e. The van der Waals surface area contributed by atoms with Crippen LogP contribution in [-0.2, 0) is 13.1 Å². The second-order valence-corrected chi connectivity index (χ2v) is 5.60. The summed E-state index contributed by atoms with van der Waals surface area (Å²) in [5.74, 6) is -0.645. The lowest BCUT2D eigenvalue weighted by molar-refractivity contribution is 0.569. The Morgan fingerprint density at radius 1 is 0.958 bits per heavy atom. The van der Waals surface area contributed by atoms with Crippen LogP contribution in [0.1, 0.15) is 12.1 Å². The van der Waals surface area contributed by atoms with Gasteiger partial charge in [-0.1, -0.05) is 11.3 Å². The molecule has 0 atom stereocenters. The molecule has 3 heterocycles. The molecule has 0 N–H and O–H groups in total. The molecule has 0 fully saturated rings. The second kappa shape index (κ2) is 5.95. The summed E-state index contributed by atoms with van der Waals surface area (Å²) in [6.07, 6.45) is 2.64. The van der Waals surface area contributed by atoms with Crippen LogP contribution in [-0.4, -0.2) is 31.7 Å². The zero-order valence-electron chi connectivity index (χ0n) is 12.7. The normalized spacial score (nSPS) is 14.3. The Hall–Kier alpha value is -2.90. The lowest BCUT2D eigenvalue weighted by Crippen LogP contribution is -2.23. The molecule has 1 aliphatic heterocycles. The van der Waals surface area contributed by atoms with Crippen molar-refractivity contribution in [1.29, 1.82) is 0 Å². The molecular weight excluding hydrogens is 314 g/mol. The van der Waals surface area contributed by atoms with E-state index in [4.69, 9.17) is 0 Å². The van der Waals surface area contributed by atoms with Gasteiger partial charge in [-0.2, -0.15) is 0 Å². The monoisotopic (exact) mass is 328 g/mol. The highest BCUT2D eigenvalue weighted by atomic mass is 19.1. The van der Waals surface area contributed by atoms with Gasteiger partial charge in [-0.25, -0.2) is 13.5 Å². The number of aromatic nitrogens is 5. The average Bonchev–Trinajstić information content (AvgIpc) is 2.92. The van der Waals surface area contributed by atoms with Crippen molar-refractivity contribution >= 4 is 5.82 Å². The third kappa shape index (κ3) is 2.60. The van der Waals surface area contributed by atoms with Crippen LogP contribution >= 0.6 is 0 Å². The summed E-state index contributed by atoms with van der Waals surface area (Å²) in [6, 6.07) is 7.05. The van der Waals surface area contributed by atoms with Gasteiger partial charge in [-0.05, 0) is 30.7 Å². The van der Waals surface area contributed by atoms with Gasteiger partial charge >= 0.3 is 0 Å². The summed E-state index contributed by atoms with van der Waals surface area (Å²) in [7, 11) is 0. The number of hydrogen-bond acceptors (Lipinski definition) is 5. The van der Waals surface area contributed by atoms with E-state index in [2.05, 4.69) is 25.4 Å². The van der Waals surface area contributed by atoms with Gasteiger partial charge in [0.15, 0.2) is 5.82 Å². The summed E-state index contributed by atoms with van der Waals surface area (Å²) < 4.78 is 29.6. The van der Waals surface area contributed by atoms with E-state index >= 15 is 0 Å². The Morgan fingerprint density at radius 3 is 2.54 bits per heavy atom. The smallest absolute Gasteiger partial charge is 0.151 e. The highest BCUT2D eigenvalue weighted by molar-refractivity contribution is 5.61. The van der Waals surface area contributed by atoms with Gasteiger partial charge in [-0.3, -0.25) is 0 Å². The highest BCUT2D eigenvalue weighted by Crippen LogP contribution is 2.25. The van der Waals surface area contributed by atoms with Crippen molar-refractivity contribution in [2.45, 2.75) is 19.5 Å².